The van der Waals surface area contributed by atoms with Crippen molar-refractivity contribution in [1.29, 1.82) is 0 Å². The van der Waals surface area contributed by atoms with Crippen molar-refractivity contribution in [2.75, 3.05) is 13.7 Å². The highest BCUT2D eigenvalue weighted by molar-refractivity contribution is 6.10. The Morgan fingerprint density at radius 2 is 1.73 bits per heavy atom. The third-order valence-corrected chi connectivity index (χ3v) is 6.24. The van der Waals surface area contributed by atoms with Crippen molar-refractivity contribution in [1.82, 2.24) is 4.57 Å². The summed E-state index contributed by atoms with van der Waals surface area (Å²) in [6, 6.07) is 11.3. The van der Waals surface area contributed by atoms with Crippen LogP contribution in [-0.4, -0.2) is 30.0 Å². The molecule has 0 aliphatic carbocycles. The van der Waals surface area contributed by atoms with Crippen molar-refractivity contribution >= 4 is 33.6 Å². The topological polar surface area (TPSA) is 87.7 Å². The van der Waals surface area contributed by atoms with Gasteiger partial charge in [-0.2, -0.15) is 0 Å². The number of ether oxygens (including phenoxy) is 2. The van der Waals surface area contributed by atoms with E-state index in [2.05, 4.69) is 4.74 Å². The molecule has 2 aromatic carbocycles. The van der Waals surface area contributed by atoms with Gasteiger partial charge >= 0.3 is 11.6 Å². The van der Waals surface area contributed by atoms with Crippen molar-refractivity contribution in [2.45, 2.75) is 27.2 Å². The summed E-state index contributed by atoms with van der Waals surface area (Å²) in [6.45, 7) is 5.31. The molecule has 7 nitrogen and oxygen atoms in total. The van der Waals surface area contributed by atoms with Crippen LogP contribution >= 0.6 is 0 Å². The monoisotopic (exact) mass is 447 g/mol. The average Bonchev–Trinajstić information content (AvgIpc) is 3.06. The molecule has 0 fully saturated rings. The summed E-state index contributed by atoms with van der Waals surface area (Å²) in [7, 11) is 3.21. The van der Waals surface area contributed by atoms with Crippen molar-refractivity contribution in [2.24, 2.45) is 7.05 Å². The van der Waals surface area contributed by atoms with Crippen LogP contribution < -0.4 is 10.4 Å². The largest absolute Gasteiger partial charge is 0.485 e. The van der Waals surface area contributed by atoms with Crippen LogP contribution in [0.1, 0.15) is 32.7 Å². The van der Waals surface area contributed by atoms with Crippen LogP contribution in [0.4, 0.5) is 0 Å². The fourth-order valence-corrected chi connectivity index (χ4v) is 4.24. The van der Waals surface area contributed by atoms with E-state index in [0.29, 0.717) is 33.4 Å². The first-order valence-corrected chi connectivity index (χ1v) is 10.6. The van der Waals surface area contributed by atoms with E-state index in [-0.39, 0.29) is 24.4 Å². The maximum atomic E-state index is 13.1. The van der Waals surface area contributed by atoms with Crippen LogP contribution in [0, 0.1) is 20.8 Å². The molecule has 4 rings (SSSR count). The standard InChI is InChI=1S/C26H25NO6/c1-14-17-10-11-22(15(2)25(17)33-26(30)19(14)12-23(29)31-5)32-13-21(28)24-16(3)27(4)20-9-7-6-8-18(20)24/h6-11H,12-13H2,1-5H3. The minimum atomic E-state index is -0.590. The zero-order valence-electron chi connectivity index (χ0n) is 19.3. The summed E-state index contributed by atoms with van der Waals surface area (Å²) in [5, 5.41) is 1.59. The number of nitrogens with zero attached hydrogens (tertiary/aromatic N) is 1. The second-order valence-corrected chi connectivity index (χ2v) is 8.06. The Balaban J connectivity index is 1.65. The van der Waals surface area contributed by atoms with E-state index in [4.69, 9.17) is 9.15 Å². The van der Waals surface area contributed by atoms with Gasteiger partial charge in [0.15, 0.2) is 6.61 Å². The number of hydrogen-bond acceptors (Lipinski definition) is 6. The molecular formula is C26H25NO6. The number of para-hydroxylation sites is 1. The number of benzene rings is 2. The molecule has 33 heavy (non-hydrogen) atoms. The van der Waals surface area contributed by atoms with Gasteiger partial charge in [-0.3, -0.25) is 9.59 Å². The van der Waals surface area contributed by atoms with E-state index >= 15 is 0 Å². The predicted molar refractivity (Wildman–Crippen MR) is 125 cm³/mol. The van der Waals surface area contributed by atoms with E-state index < -0.39 is 11.6 Å². The maximum Gasteiger partial charge on any atom is 0.340 e. The second-order valence-electron chi connectivity index (χ2n) is 8.06. The normalized spacial score (nSPS) is 11.2. The van der Waals surface area contributed by atoms with Gasteiger partial charge in [-0.05, 0) is 44.5 Å². The highest BCUT2D eigenvalue weighted by Gasteiger charge is 2.21. The maximum absolute atomic E-state index is 13.1. The zero-order chi connectivity index (χ0) is 23.9. The molecule has 0 bridgehead atoms. The minimum Gasteiger partial charge on any atom is -0.485 e. The summed E-state index contributed by atoms with van der Waals surface area (Å²) in [6.07, 6.45) is -0.156. The molecule has 170 valence electrons. The van der Waals surface area contributed by atoms with Crippen LogP contribution in [0.3, 0.4) is 0 Å². The zero-order valence-corrected chi connectivity index (χ0v) is 19.3. The van der Waals surface area contributed by atoms with Gasteiger partial charge in [-0.25, -0.2) is 4.79 Å². The molecule has 0 saturated carbocycles. The number of aromatic nitrogens is 1. The van der Waals surface area contributed by atoms with E-state index in [1.54, 1.807) is 26.0 Å². The summed E-state index contributed by atoms with van der Waals surface area (Å²) >= 11 is 0. The molecule has 4 aromatic rings. The van der Waals surface area contributed by atoms with Crippen LogP contribution in [0.5, 0.6) is 5.75 Å². The molecule has 2 heterocycles. The van der Waals surface area contributed by atoms with E-state index in [1.165, 1.54) is 7.11 Å². The third-order valence-electron chi connectivity index (χ3n) is 6.24. The van der Waals surface area contributed by atoms with Crippen molar-refractivity contribution in [3.05, 3.63) is 74.8 Å². The van der Waals surface area contributed by atoms with Crippen LogP contribution in [0.25, 0.3) is 21.9 Å². The van der Waals surface area contributed by atoms with E-state index in [9.17, 15) is 14.4 Å². The predicted octanol–water partition coefficient (Wildman–Crippen LogP) is 4.19. The lowest BCUT2D eigenvalue weighted by Gasteiger charge is -2.13. The Labute approximate surface area is 190 Å². The van der Waals surface area contributed by atoms with Crippen molar-refractivity contribution < 1.29 is 23.5 Å². The molecular weight excluding hydrogens is 422 g/mol. The summed E-state index contributed by atoms with van der Waals surface area (Å²) < 4.78 is 18.1. The van der Waals surface area contributed by atoms with Gasteiger partial charge in [-0.15, -0.1) is 0 Å². The van der Waals surface area contributed by atoms with Gasteiger partial charge in [0.1, 0.15) is 11.3 Å². The highest BCUT2D eigenvalue weighted by Crippen LogP contribution is 2.30. The van der Waals surface area contributed by atoms with Gasteiger partial charge in [0.2, 0.25) is 5.78 Å². The third kappa shape index (κ3) is 3.80. The minimum absolute atomic E-state index is 0.130. The number of aryl methyl sites for hydroxylation is 3. The van der Waals surface area contributed by atoms with Gasteiger partial charge in [0.25, 0.3) is 0 Å². The van der Waals surface area contributed by atoms with Crippen molar-refractivity contribution in [3.63, 3.8) is 0 Å². The lowest BCUT2D eigenvalue weighted by molar-refractivity contribution is -0.139. The number of rotatable bonds is 6. The fourth-order valence-electron chi connectivity index (χ4n) is 4.24. The van der Waals surface area contributed by atoms with Gasteiger partial charge in [-0.1, -0.05) is 18.2 Å². The Hall–Kier alpha value is -3.87. The molecule has 0 radical (unpaired) electrons. The van der Waals surface area contributed by atoms with Crippen LogP contribution in [-0.2, 0) is 23.0 Å². The van der Waals surface area contributed by atoms with Gasteiger partial charge < -0.3 is 18.5 Å². The molecule has 0 spiro atoms. The second kappa shape index (κ2) is 8.58. The lowest BCUT2D eigenvalue weighted by Crippen LogP contribution is -2.17. The Morgan fingerprint density at radius 1 is 1.00 bits per heavy atom. The number of hydrogen-bond donors (Lipinski definition) is 0. The number of ketones is 1. The average molecular weight is 447 g/mol. The Bertz CT molecular complexity index is 1470. The van der Waals surface area contributed by atoms with Crippen molar-refractivity contribution in [3.8, 4) is 5.75 Å². The smallest absolute Gasteiger partial charge is 0.340 e. The SMILES string of the molecule is COC(=O)Cc1c(C)c2ccc(OCC(=O)c3c(C)n(C)c4ccccc34)c(C)c2oc1=O. The molecule has 7 heteroatoms. The molecule has 0 aliphatic heterocycles. The first-order valence-electron chi connectivity index (χ1n) is 10.6. The van der Waals surface area contributed by atoms with E-state index in [1.807, 2.05) is 42.8 Å². The number of fused-ring (bicyclic) bond motifs is 2. The molecule has 0 N–H and O–H groups in total. The molecule has 0 unspecified atom stereocenters. The number of carbonyl (C=O) groups is 2. The van der Waals surface area contributed by atoms with Gasteiger partial charge in [0.05, 0.1) is 19.1 Å². The first-order chi connectivity index (χ1) is 15.7. The molecule has 0 atom stereocenters. The fraction of sp³-hybridized carbons (Fsp3) is 0.269. The Kier molecular flexibility index (Phi) is 5.80. The van der Waals surface area contributed by atoms with Crippen LogP contribution in [0.2, 0.25) is 0 Å². The van der Waals surface area contributed by atoms with E-state index in [0.717, 1.165) is 16.6 Å². The quantitative estimate of drug-likeness (QED) is 0.250. The molecule has 0 amide bonds. The number of esters is 1. The number of methoxy groups -OCH3 is 1. The molecule has 0 aliphatic rings. The molecule has 2 aromatic heterocycles. The Morgan fingerprint density at radius 3 is 2.45 bits per heavy atom. The summed E-state index contributed by atoms with van der Waals surface area (Å²) in [4.78, 5) is 37.2. The van der Waals surface area contributed by atoms with Gasteiger partial charge in [0, 0.05) is 40.2 Å². The van der Waals surface area contributed by atoms with Crippen LogP contribution in [0.15, 0.2) is 45.6 Å². The number of carbonyl (C=O) groups excluding carboxylic acids is 2. The number of Topliss-reactive ketones (excluding diaryl/α,β-unsaturated/α-hetero) is 1. The highest BCUT2D eigenvalue weighted by atomic mass is 16.5. The first kappa shape index (κ1) is 22.3. The molecule has 0 saturated heterocycles. The summed E-state index contributed by atoms with van der Waals surface area (Å²) in [5.41, 5.74) is 3.82. The lowest BCUT2D eigenvalue weighted by atomic mass is 10.0. The summed E-state index contributed by atoms with van der Waals surface area (Å²) in [5.74, 6) is -0.185.